The molecule has 0 fully saturated rings. The molecule has 0 amide bonds. The lowest BCUT2D eigenvalue weighted by Gasteiger charge is -2.26. The van der Waals surface area contributed by atoms with Crippen LogP contribution in [0.5, 0.6) is 0 Å². The molecule has 0 radical (unpaired) electrons. The lowest BCUT2D eigenvalue weighted by atomic mass is 10.1. The molecule has 0 aliphatic heterocycles. The van der Waals surface area contributed by atoms with E-state index in [1.54, 1.807) is 37.9 Å². The molecule has 5 nitrogen and oxygen atoms in total. The molecule has 0 bridgehead atoms. The molecule has 0 aromatic carbocycles. The van der Waals surface area contributed by atoms with Crippen LogP contribution in [0.25, 0.3) is 0 Å². The molecule has 1 heterocycles. The van der Waals surface area contributed by atoms with Gasteiger partial charge in [0.1, 0.15) is 11.9 Å². The molecule has 16 heavy (non-hydrogen) atoms. The maximum atomic E-state index is 9.67. The SMILES string of the molecule is CN(CC(C)(C)O)c1ccc(N)c(C#N)n1. The van der Waals surface area contributed by atoms with Crippen LogP contribution in [-0.4, -0.2) is 29.3 Å². The number of hydrogen-bond acceptors (Lipinski definition) is 5. The van der Waals surface area contributed by atoms with Crippen molar-refractivity contribution in [3.05, 3.63) is 17.8 Å². The topological polar surface area (TPSA) is 86.2 Å². The Morgan fingerprint density at radius 1 is 1.56 bits per heavy atom. The van der Waals surface area contributed by atoms with E-state index in [1.165, 1.54) is 0 Å². The van der Waals surface area contributed by atoms with Gasteiger partial charge in [0, 0.05) is 13.6 Å². The number of nitrogens with two attached hydrogens (primary N) is 1. The number of likely N-dealkylation sites (N-methyl/N-ethyl adjacent to an activating group) is 1. The minimum absolute atomic E-state index is 0.208. The van der Waals surface area contributed by atoms with Crippen molar-refractivity contribution >= 4 is 11.5 Å². The fourth-order valence-electron chi connectivity index (χ4n) is 1.42. The molecule has 86 valence electrons. The van der Waals surface area contributed by atoms with Gasteiger partial charge in [-0.05, 0) is 26.0 Å². The fraction of sp³-hybridized carbons (Fsp3) is 0.455. The number of rotatable bonds is 3. The molecule has 0 spiro atoms. The highest BCUT2D eigenvalue weighted by molar-refractivity contribution is 5.55. The summed E-state index contributed by atoms with van der Waals surface area (Å²) in [4.78, 5) is 5.88. The van der Waals surface area contributed by atoms with Crippen molar-refractivity contribution < 1.29 is 5.11 Å². The van der Waals surface area contributed by atoms with Crippen LogP contribution < -0.4 is 10.6 Å². The van der Waals surface area contributed by atoms with E-state index in [0.717, 1.165) is 0 Å². The van der Waals surface area contributed by atoms with E-state index < -0.39 is 5.60 Å². The summed E-state index contributed by atoms with van der Waals surface area (Å²) in [7, 11) is 1.80. The maximum absolute atomic E-state index is 9.67. The number of aliphatic hydroxyl groups is 1. The zero-order valence-electron chi connectivity index (χ0n) is 9.73. The number of aromatic nitrogens is 1. The third-order valence-corrected chi connectivity index (χ3v) is 2.03. The summed E-state index contributed by atoms with van der Waals surface area (Å²) in [5.74, 6) is 0.618. The Labute approximate surface area is 95.1 Å². The monoisotopic (exact) mass is 220 g/mol. The van der Waals surface area contributed by atoms with Crippen molar-refractivity contribution in [2.24, 2.45) is 0 Å². The average molecular weight is 220 g/mol. The van der Waals surface area contributed by atoms with E-state index in [9.17, 15) is 5.11 Å². The highest BCUT2D eigenvalue weighted by Gasteiger charge is 2.17. The Morgan fingerprint density at radius 3 is 2.69 bits per heavy atom. The van der Waals surface area contributed by atoms with E-state index in [-0.39, 0.29) is 5.69 Å². The van der Waals surface area contributed by atoms with E-state index >= 15 is 0 Å². The van der Waals surface area contributed by atoms with Crippen LogP contribution in [-0.2, 0) is 0 Å². The van der Waals surface area contributed by atoms with E-state index in [0.29, 0.717) is 18.1 Å². The van der Waals surface area contributed by atoms with Gasteiger partial charge < -0.3 is 15.7 Å². The second kappa shape index (κ2) is 4.37. The third-order valence-electron chi connectivity index (χ3n) is 2.03. The van der Waals surface area contributed by atoms with Crippen molar-refractivity contribution in [1.82, 2.24) is 4.98 Å². The fourth-order valence-corrected chi connectivity index (χ4v) is 1.42. The first-order valence-electron chi connectivity index (χ1n) is 4.93. The molecule has 5 heteroatoms. The van der Waals surface area contributed by atoms with Gasteiger partial charge in [0.2, 0.25) is 0 Å². The van der Waals surface area contributed by atoms with Crippen LogP contribution in [0.4, 0.5) is 11.5 Å². The van der Waals surface area contributed by atoms with Crippen LogP contribution in [0.3, 0.4) is 0 Å². The predicted molar refractivity (Wildman–Crippen MR) is 62.9 cm³/mol. The Kier molecular flexibility index (Phi) is 3.35. The van der Waals surface area contributed by atoms with Crippen molar-refractivity contribution in [1.29, 1.82) is 5.26 Å². The second-order valence-corrected chi connectivity index (χ2v) is 4.39. The summed E-state index contributed by atoms with van der Waals surface area (Å²) in [6, 6.07) is 5.29. The van der Waals surface area contributed by atoms with Gasteiger partial charge in [0.15, 0.2) is 5.69 Å². The lowest BCUT2D eigenvalue weighted by molar-refractivity contribution is 0.0884. The first-order chi connectivity index (χ1) is 7.33. The molecule has 1 aromatic heterocycles. The van der Waals surface area contributed by atoms with Crippen LogP contribution in [0.1, 0.15) is 19.5 Å². The molecule has 3 N–H and O–H groups in total. The third kappa shape index (κ3) is 3.11. The summed E-state index contributed by atoms with van der Waals surface area (Å²) < 4.78 is 0. The first kappa shape index (κ1) is 12.3. The van der Waals surface area contributed by atoms with Gasteiger partial charge in [-0.1, -0.05) is 0 Å². The van der Waals surface area contributed by atoms with Gasteiger partial charge >= 0.3 is 0 Å². The van der Waals surface area contributed by atoms with Crippen LogP contribution in [0.15, 0.2) is 12.1 Å². The van der Waals surface area contributed by atoms with Gasteiger partial charge in [-0.2, -0.15) is 5.26 Å². The second-order valence-electron chi connectivity index (χ2n) is 4.39. The van der Waals surface area contributed by atoms with Crippen molar-refractivity contribution in [3.8, 4) is 6.07 Å². The molecule has 0 saturated heterocycles. The largest absolute Gasteiger partial charge is 0.396 e. The maximum Gasteiger partial charge on any atom is 0.165 e. The molecule has 0 aliphatic carbocycles. The highest BCUT2D eigenvalue weighted by Crippen LogP contribution is 2.16. The minimum Gasteiger partial charge on any atom is -0.396 e. The van der Waals surface area contributed by atoms with Gasteiger partial charge in [-0.3, -0.25) is 0 Å². The highest BCUT2D eigenvalue weighted by atomic mass is 16.3. The van der Waals surface area contributed by atoms with Gasteiger partial charge in [-0.15, -0.1) is 0 Å². The van der Waals surface area contributed by atoms with Crippen molar-refractivity contribution in [2.45, 2.75) is 19.4 Å². The number of pyridine rings is 1. The lowest BCUT2D eigenvalue weighted by Crippen LogP contribution is -2.36. The molecule has 1 rings (SSSR count). The molecular formula is C11H16N4O. The standard InChI is InChI=1S/C11H16N4O/c1-11(2,16)7-15(3)10-5-4-8(13)9(6-12)14-10/h4-5,16H,7,13H2,1-3H3. The van der Waals surface area contributed by atoms with E-state index in [4.69, 9.17) is 11.0 Å². The van der Waals surface area contributed by atoms with Gasteiger partial charge in [0.05, 0.1) is 11.3 Å². The quantitative estimate of drug-likeness (QED) is 0.784. The number of anilines is 2. The number of nitrogen functional groups attached to an aromatic ring is 1. The van der Waals surface area contributed by atoms with Gasteiger partial charge in [0.25, 0.3) is 0 Å². The molecule has 1 aromatic rings. The Bertz CT molecular complexity index is 417. The molecular weight excluding hydrogens is 204 g/mol. The predicted octanol–water partition coefficient (Wildman–Crippen LogP) is 0.743. The summed E-state index contributed by atoms with van der Waals surface area (Å²) in [6.07, 6.45) is 0. The molecule has 0 unspecified atom stereocenters. The number of nitriles is 1. The zero-order chi connectivity index (χ0) is 12.3. The van der Waals surface area contributed by atoms with Crippen LogP contribution in [0, 0.1) is 11.3 Å². The minimum atomic E-state index is -0.815. The number of hydrogen-bond donors (Lipinski definition) is 2. The van der Waals surface area contributed by atoms with Gasteiger partial charge in [-0.25, -0.2) is 4.98 Å². The zero-order valence-corrected chi connectivity index (χ0v) is 9.73. The van der Waals surface area contributed by atoms with Crippen LogP contribution >= 0.6 is 0 Å². The molecule has 0 saturated carbocycles. The normalized spacial score (nSPS) is 10.9. The summed E-state index contributed by atoms with van der Waals surface area (Å²) in [6.45, 7) is 3.85. The molecule has 0 aliphatic rings. The van der Waals surface area contributed by atoms with E-state index in [2.05, 4.69) is 4.98 Å². The Morgan fingerprint density at radius 2 is 2.19 bits per heavy atom. The average Bonchev–Trinajstić information content (AvgIpc) is 2.15. The number of nitrogens with zero attached hydrogens (tertiary/aromatic N) is 3. The Hall–Kier alpha value is -1.80. The Balaban J connectivity index is 2.93. The van der Waals surface area contributed by atoms with Crippen molar-refractivity contribution in [2.75, 3.05) is 24.2 Å². The summed E-state index contributed by atoms with van der Waals surface area (Å²) in [5.41, 5.74) is 5.33. The summed E-state index contributed by atoms with van der Waals surface area (Å²) in [5, 5.41) is 18.5. The first-order valence-corrected chi connectivity index (χ1v) is 4.93. The smallest absolute Gasteiger partial charge is 0.165 e. The van der Waals surface area contributed by atoms with Crippen LogP contribution in [0.2, 0.25) is 0 Å². The van der Waals surface area contributed by atoms with E-state index in [1.807, 2.05) is 6.07 Å². The summed E-state index contributed by atoms with van der Waals surface area (Å²) >= 11 is 0. The molecule has 0 atom stereocenters. The van der Waals surface area contributed by atoms with Crippen molar-refractivity contribution in [3.63, 3.8) is 0 Å².